The standard InChI is InChI=1S/C22H23NO5S/c1-27-19-7-8-20-18(14-19)15-21(22(24)28-20)29(25,26)23-11-9-17(10-12-23)13-16-5-3-2-4-6-16/h2-8,14-15,17H,9-13H2,1H3. The first-order valence-corrected chi connectivity index (χ1v) is 11.1. The number of hydrogen-bond donors (Lipinski definition) is 0. The van der Waals surface area contributed by atoms with Crippen molar-refractivity contribution in [3.8, 4) is 5.75 Å². The highest BCUT2D eigenvalue weighted by atomic mass is 32.2. The molecule has 0 amide bonds. The Hall–Kier alpha value is -2.64. The minimum absolute atomic E-state index is 0.320. The molecule has 2 heterocycles. The van der Waals surface area contributed by atoms with Crippen LogP contribution in [0.25, 0.3) is 11.0 Å². The molecule has 0 N–H and O–H groups in total. The van der Waals surface area contributed by atoms with Crippen molar-refractivity contribution in [3.05, 3.63) is 70.6 Å². The van der Waals surface area contributed by atoms with Crippen LogP contribution in [0.5, 0.6) is 5.75 Å². The second-order valence-corrected chi connectivity index (χ2v) is 9.25. The van der Waals surface area contributed by atoms with Crippen molar-refractivity contribution >= 4 is 21.0 Å². The van der Waals surface area contributed by atoms with E-state index in [9.17, 15) is 13.2 Å². The number of nitrogens with zero attached hydrogens (tertiary/aromatic N) is 1. The van der Waals surface area contributed by atoms with Crippen LogP contribution in [0.3, 0.4) is 0 Å². The molecule has 0 unspecified atom stereocenters. The minimum Gasteiger partial charge on any atom is -0.497 e. The predicted molar refractivity (Wildman–Crippen MR) is 111 cm³/mol. The van der Waals surface area contributed by atoms with Gasteiger partial charge in [0.15, 0.2) is 4.90 Å². The maximum atomic E-state index is 13.1. The molecule has 1 saturated heterocycles. The van der Waals surface area contributed by atoms with Gasteiger partial charge in [0, 0.05) is 18.5 Å². The van der Waals surface area contributed by atoms with Crippen LogP contribution in [0.1, 0.15) is 18.4 Å². The summed E-state index contributed by atoms with van der Waals surface area (Å²) >= 11 is 0. The van der Waals surface area contributed by atoms with Crippen molar-refractivity contribution < 1.29 is 17.6 Å². The summed E-state index contributed by atoms with van der Waals surface area (Å²) in [7, 11) is -2.39. The zero-order chi connectivity index (χ0) is 20.4. The zero-order valence-corrected chi connectivity index (χ0v) is 17.0. The first kappa shape index (κ1) is 19.7. The van der Waals surface area contributed by atoms with Gasteiger partial charge >= 0.3 is 5.63 Å². The summed E-state index contributed by atoms with van der Waals surface area (Å²) in [6.07, 6.45) is 2.47. The fourth-order valence-corrected chi connectivity index (χ4v) is 5.33. The van der Waals surface area contributed by atoms with Gasteiger partial charge in [-0.3, -0.25) is 0 Å². The Morgan fingerprint density at radius 3 is 2.48 bits per heavy atom. The molecule has 1 fully saturated rings. The second kappa shape index (κ2) is 8.00. The Balaban J connectivity index is 1.54. The fourth-order valence-electron chi connectivity index (χ4n) is 3.83. The van der Waals surface area contributed by atoms with Crippen LogP contribution in [0.4, 0.5) is 0 Å². The number of fused-ring (bicyclic) bond motifs is 1. The highest BCUT2D eigenvalue weighted by molar-refractivity contribution is 7.89. The molecule has 152 valence electrons. The smallest absolute Gasteiger partial charge is 0.356 e. The number of piperidine rings is 1. The molecule has 0 radical (unpaired) electrons. The molecule has 0 aliphatic carbocycles. The number of rotatable bonds is 5. The van der Waals surface area contributed by atoms with Crippen LogP contribution in [-0.2, 0) is 16.4 Å². The van der Waals surface area contributed by atoms with Gasteiger partial charge in [-0.2, -0.15) is 4.31 Å². The van der Waals surface area contributed by atoms with Gasteiger partial charge in [0.25, 0.3) is 0 Å². The van der Waals surface area contributed by atoms with E-state index in [1.165, 1.54) is 23.0 Å². The van der Waals surface area contributed by atoms with Gasteiger partial charge in [0.2, 0.25) is 10.0 Å². The summed E-state index contributed by atoms with van der Waals surface area (Å²) in [4.78, 5) is 12.1. The molecule has 1 aliphatic heterocycles. The maximum absolute atomic E-state index is 13.1. The molecule has 7 heteroatoms. The zero-order valence-electron chi connectivity index (χ0n) is 16.2. The van der Waals surface area contributed by atoms with E-state index in [0.717, 1.165) is 19.3 Å². The van der Waals surface area contributed by atoms with Crippen LogP contribution in [0, 0.1) is 5.92 Å². The molecule has 0 spiro atoms. The lowest BCUT2D eigenvalue weighted by atomic mass is 9.91. The Morgan fingerprint density at radius 1 is 1.07 bits per heavy atom. The third kappa shape index (κ3) is 4.06. The number of methoxy groups -OCH3 is 1. The summed E-state index contributed by atoms with van der Waals surface area (Å²) in [5.74, 6) is 0.998. The molecule has 2 aromatic carbocycles. The number of sulfonamides is 1. The van der Waals surface area contributed by atoms with E-state index in [-0.39, 0.29) is 4.90 Å². The minimum atomic E-state index is -3.91. The average Bonchev–Trinajstić information content (AvgIpc) is 2.74. The van der Waals surface area contributed by atoms with E-state index in [2.05, 4.69) is 12.1 Å². The summed E-state index contributed by atoms with van der Waals surface area (Å²) in [5.41, 5.74) is 0.753. The monoisotopic (exact) mass is 413 g/mol. The van der Waals surface area contributed by atoms with E-state index >= 15 is 0 Å². The Kier molecular flexibility index (Phi) is 5.43. The van der Waals surface area contributed by atoms with Crippen molar-refractivity contribution in [3.63, 3.8) is 0 Å². The summed E-state index contributed by atoms with van der Waals surface area (Å²) < 4.78 is 38.0. The van der Waals surface area contributed by atoms with Gasteiger partial charge in [-0.25, -0.2) is 13.2 Å². The normalized spacial score (nSPS) is 16.2. The lowest BCUT2D eigenvalue weighted by Crippen LogP contribution is -2.40. The molecule has 1 aromatic heterocycles. The predicted octanol–water partition coefficient (Wildman–Crippen LogP) is 3.45. The molecule has 29 heavy (non-hydrogen) atoms. The maximum Gasteiger partial charge on any atom is 0.356 e. The molecule has 6 nitrogen and oxygen atoms in total. The van der Waals surface area contributed by atoms with Crippen LogP contribution < -0.4 is 10.4 Å². The van der Waals surface area contributed by atoms with Crippen molar-refractivity contribution in [1.29, 1.82) is 0 Å². The van der Waals surface area contributed by atoms with E-state index < -0.39 is 15.6 Å². The summed E-state index contributed by atoms with van der Waals surface area (Å²) in [6.45, 7) is 0.796. The third-order valence-electron chi connectivity index (χ3n) is 5.47. The first-order chi connectivity index (χ1) is 14.0. The van der Waals surface area contributed by atoms with Crippen molar-refractivity contribution in [1.82, 2.24) is 4.31 Å². The van der Waals surface area contributed by atoms with Gasteiger partial charge in [-0.1, -0.05) is 30.3 Å². The first-order valence-electron chi connectivity index (χ1n) is 9.63. The SMILES string of the molecule is COc1ccc2oc(=O)c(S(=O)(=O)N3CCC(Cc4ccccc4)CC3)cc2c1. The van der Waals surface area contributed by atoms with Crippen LogP contribution >= 0.6 is 0 Å². The van der Waals surface area contributed by atoms with Gasteiger partial charge < -0.3 is 9.15 Å². The van der Waals surface area contributed by atoms with E-state index in [1.807, 2.05) is 18.2 Å². The second-order valence-electron chi connectivity index (χ2n) is 7.34. The van der Waals surface area contributed by atoms with E-state index in [1.54, 1.807) is 18.2 Å². The molecule has 0 atom stereocenters. The van der Waals surface area contributed by atoms with Crippen LogP contribution in [0.15, 0.2) is 68.7 Å². The number of hydrogen-bond acceptors (Lipinski definition) is 5. The quantitative estimate of drug-likeness (QED) is 0.599. The van der Waals surface area contributed by atoms with Gasteiger partial charge in [-0.15, -0.1) is 0 Å². The highest BCUT2D eigenvalue weighted by Gasteiger charge is 2.32. The van der Waals surface area contributed by atoms with Gasteiger partial charge in [0.05, 0.1) is 7.11 Å². The molecule has 3 aromatic rings. The Labute approximate surface area is 169 Å². The van der Waals surface area contributed by atoms with Crippen molar-refractivity contribution in [2.24, 2.45) is 5.92 Å². The third-order valence-corrected chi connectivity index (χ3v) is 7.35. The van der Waals surface area contributed by atoms with Gasteiger partial charge in [-0.05, 0) is 55.0 Å². The average molecular weight is 413 g/mol. The molecule has 0 bridgehead atoms. The fraction of sp³-hybridized carbons (Fsp3) is 0.318. The molecule has 1 aliphatic rings. The van der Waals surface area contributed by atoms with E-state index in [4.69, 9.17) is 9.15 Å². The largest absolute Gasteiger partial charge is 0.497 e. The topological polar surface area (TPSA) is 76.8 Å². The summed E-state index contributed by atoms with van der Waals surface area (Å²) in [5, 5.41) is 0.515. The lowest BCUT2D eigenvalue weighted by Gasteiger charge is -2.31. The highest BCUT2D eigenvalue weighted by Crippen LogP contribution is 2.27. The summed E-state index contributed by atoms with van der Waals surface area (Å²) in [6, 6.07) is 16.5. The lowest BCUT2D eigenvalue weighted by molar-refractivity contribution is 0.272. The Morgan fingerprint density at radius 2 is 1.79 bits per heavy atom. The Bertz CT molecular complexity index is 1160. The molecular formula is C22H23NO5S. The van der Waals surface area contributed by atoms with Crippen LogP contribution in [0.2, 0.25) is 0 Å². The van der Waals surface area contributed by atoms with E-state index in [0.29, 0.717) is 35.7 Å². The van der Waals surface area contributed by atoms with Crippen LogP contribution in [-0.4, -0.2) is 32.9 Å². The molecule has 0 saturated carbocycles. The van der Waals surface area contributed by atoms with Crippen molar-refractivity contribution in [2.45, 2.75) is 24.2 Å². The molecular weight excluding hydrogens is 390 g/mol. The number of ether oxygens (including phenoxy) is 1. The van der Waals surface area contributed by atoms with Crippen molar-refractivity contribution in [2.75, 3.05) is 20.2 Å². The molecule has 4 rings (SSSR count). The van der Waals surface area contributed by atoms with Gasteiger partial charge in [0.1, 0.15) is 11.3 Å². The number of benzene rings is 2.